The molecule has 0 amide bonds. The average molecular weight is 268 g/mol. The Kier molecular flexibility index (Phi) is 4.44. The fourth-order valence-corrected chi connectivity index (χ4v) is 3.33. The van der Waals surface area contributed by atoms with Crippen LogP contribution < -0.4 is 5.32 Å². The largest absolute Gasteiger partial charge is 0.383 e. The SMILES string of the molecule is CC(C)CC1(CNc2cnnc(Cl)c2)CCCC1. The van der Waals surface area contributed by atoms with E-state index in [1.54, 1.807) is 6.20 Å². The van der Waals surface area contributed by atoms with Crippen molar-refractivity contribution in [2.24, 2.45) is 11.3 Å². The molecule has 0 aromatic carbocycles. The van der Waals surface area contributed by atoms with Gasteiger partial charge in [-0.25, -0.2) is 0 Å². The molecule has 1 aromatic rings. The number of rotatable bonds is 5. The summed E-state index contributed by atoms with van der Waals surface area (Å²) in [7, 11) is 0. The Bertz CT molecular complexity index is 386. The van der Waals surface area contributed by atoms with Crippen LogP contribution >= 0.6 is 11.6 Å². The molecule has 0 bridgehead atoms. The lowest BCUT2D eigenvalue weighted by Gasteiger charge is -2.31. The van der Waals surface area contributed by atoms with Crippen molar-refractivity contribution < 1.29 is 0 Å². The number of halogens is 1. The van der Waals surface area contributed by atoms with Gasteiger partial charge in [-0.05, 0) is 30.6 Å². The van der Waals surface area contributed by atoms with Gasteiger partial charge in [-0.1, -0.05) is 38.3 Å². The van der Waals surface area contributed by atoms with Crippen molar-refractivity contribution in [3.8, 4) is 0 Å². The predicted molar refractivity (Wildman–Crippen MR) is 75.9 cm³/mol. The van der Waals surface area contributed by atoms with Gasteiger partial charge in [0.05, 0.1) is 11.9 Å². The Morgan fingerprint density at radius 3 is 2.72 bits per heavy atom. The summed E-state index contributed by atoms with van der Waals surface area (Å²) in [5.41, 5.74) is 1.44. The number of aromatic nitrogens is 2. The highest BCUT2D eigenvalue weighted by molar-refractivity contribution is 6.29. The second-order valence-corrected chi connectivity index (χ2v) is 6.31. The topological polar surface area (TPSA) is 37.8 Å². The van der Waals surface area contributed by atoms with Gasteiger partial charge >= 0.3 is 0 Å². The summed E-state index contributed by atoms with van der Waals surface area (Å²) < 4.78 is 0. The van der Waals surface area contributed by atoms with Crippen LogP contribution in [0.2, 0.25) is 5.15 Å². The molecule has 0 aliphatic heterocycles. The van der Waals surface area contributed by atoms with Crippen LogP contribution in [0.25, 0.3) is 0 Å². The molecule has 0 radical (unpaired) electrons. The van der Waals surface area contributed by atoms with Gasteiger partial charge in [0.15, 0.2) is 5.15 Å². The fraction of sp³-hybridized carbons (Fsp3) is 0.714. The third-order valence-electron chi connectivity index (χ3n) is 3.80. The Hall–Kier alpha value is -0.830. The molecule has 1 saturated carbocycles. The Balaban J connectivity index is 1.97. The first-order valence-corrected chi connectivity index (χ1v) is 7.20. The van der Waals surface area contributed by atoms with Crippen molar-refractivity contribution in [2.75, 3.05) is 11.9 Å². The molecule has 1 N–H and O–H groups in total. The molecule has 1 aliphatic rings. The highest BCUT2D eigenvalue weighted by Gasteiger charge is 2.34. The van der Waals surface area contributed by atoms with E-state index < -0.39 is 0 Å². The fourth-order valence-electron chi connectivity index (χ4n) is 3.17. The molecular formula is C14H22ClN3. The molecule has 0 unspecified atom stereocenters. The van der Waals surface area contributed by atoms with Crippen LogP contribution in [0.1, 0.15) is 46.0 Å². The first kappa shape index (κ1) is 13.6. The average Bonchev–Trinajstić information content (AvgIpc) is 2.75. The lowest BCUT2D eigenvalue weighted by molar-refractivity contribution is 0.252. The van der Waals surface area contributed by atoms with Crippen LogP contribution in [0.5, 0.6) is 0 Å². The van der Waals surface area contributed by atoms with E-state index in [1.807, 2.05) is 6.07 Å². The minimum Gasteiger partial charge on any atom is -0.383 e. The van der Waals surface area contributed by atoms with Gasteiger partial charge in [-0.3, -0.25) is 0 Å². The highest BCUT2D eigenvalue weighted by Crippen LogP contribution is 2.43. The van der Waals surface area contributed by atoms with E-state index in [0.717, 1.165) is 18.2 Å². The van der Waals surface area contributed by atoms with Crippen molar-refractivity contribution in [2.45, 2.75) is 46.0 Å². The number of hydrogen-bond donors (Lipinski definition) is 1. The van der Waals surface area contributed by atoms with Crippen LogP contribution in [0, 0.1) is 11.3 Å². The van der Waals surface area contributed by atoms with Gasteiger partial charge in [-0.15, -0.1) is 5.10 Å². The molecule has 1 aromatic heterocycles. The highest BCUT2D eigenvalue weighted by atomic mass is 35.5. The lowest BCUT2D eigenvalue weighted by atomic mass is 9.78. The van der Waals surface area contributed by atoms with Gasteiger partial charge in [0.25, 0.3) is 0 Å². The summed E-state index contributed by atoms with van der Waals surface area (Å²) in [6.07, 6.45) is 8.44. The molecule has 1 aliphatic carbocycles. The summed E-state index contributed by atoms with van der Waals surface area (Å²) in [6, 6.07) is 1.84. The molecular weight excluding hydrogens is 246 g/mol. The predicted octanol–water partition coefficient (Wildman–Crippen LogP) is 4.15. The summed E-state index contributed by atoms with van der Waals surface area (Å²) in [5.74, 6) is 0.754. The zero-order chi connectivity index (χ0) is 13.0. The van der Waals surface area contributed by atoms with Crippen LogP contribution in [0.4, 0.5) is 5.69 Å². The summed E-state index contributed by atoms with van der Waals surface area (Å²) in [4.78, 5) is 0. The third-order valence-corrected chi connectivity index (χ3v) is 3.98. The number of nitrogens with one attached hydrogen (secondary N) is 1. The van der Waals surface area contributed by atoms with Gasteiger partial charge < -0.3 is 5.32 Å². The van der Waals surface area contributed by atoms with E-state index in [0.29, 0.717) is 10.6 Å². The number of hydrogen-bond acceptors (Lipinski definition) is 3. The zero-order valence-electron chi connectivity index (χ0n) is 11.2. The van der Waals surface area contributed by atoms with E-state index in [9.17, 15) is 0 Å². The maximum Gasteiger partial charge on any atom is 0.153 e. The minimum absolute atomic E-state index is 0.448. The van der Waals surface area contributed by atoms with E-state index in [-0.39, 0.29) is 0 Å². The van der Waals surface area contributed by atoms with Crippen LogP contribution in [-0.2, 0) is 0 Å². The quantitative estimate of drug-likeness (QED) is 0.871. The van der Waals surface area contributed by atoms with E-state index in [4.69, 9.17) is 11.6 Å². The van der Waals surface area contributed by atoms with E-state index in [1.165, 1.54) is 32.1 Å². The number of anilines is 1. The standard InChI is InChI=1S/C14H22ClN3/c1-11(2)8-14(5-3-4-6-14)10-16-12-7-13(15)18-17-9-12/h7,9,11H,3-6,8,10H2,1-2H3,(H,16,18). The molecule has 0 atom stereocenters. The molecule has 100 valence electrons. The van der Waals surface area contributed by atoms with Crippen molar-refractivity contribution in [1.82, 2.24) is 10.2 Å². The molecule has 0 spiro atoms. The van der Waals surface area contributed by atoms with Crippen LogP contribution in [0.3, 0.4) is 0 Å². The first-order chi connectivity index (χ1) is 8.60. The normalized spacial score (nSPS) is 18.2. The van der Waals surface area contributed by atoms with Gasteiger partial charge in [0.1, 0.15) is 0 Å². The summed E-state index contributed by atoms with van der Waals surface area (Å²) in [5, 5.41) is 11.6. The molecule has 1 fully saturated rings. The van der Waals surface area contributed by atoms with Gasteiger partial charge in [0.2, 0.25) is 0 Å². The van der Waals surface area contributed by atoms with Crippen molar-refractivity contribution in [3.05, 3.63) is 17.4 Å². The Labute approximate surface area is 114 Å². The first-order valence-electron chi connectivity index (χ1n) is 6.82. The van der Waals surface area contributed by atoms with Crippen LogP contribution in [0.15, 0.2) is 12.3 Å². The van der Waals surface area contributed by atoms with Crippen molar-refractivity contribution >= 4 is 17.3 Å². The summed E-state index contributed by atoms with van der Waals surface area (Å²) in [6.45, 7) is 5.64. The van der Waals surface area contributed by atoms with Gasteiger partial charge in [-0.2, -0.15) is 5.10 Å². The maximum atomic E-state index is 5.85. The molecule has 2 rings (SSSR count). The molecule has 4 heteroatoms. The monoisotopic (exact) mass is 267 g/mol. The van der Waals surface area contributed by atoms with Crippen molar-refractivity contribution in [1.29, 1.82) is 0 Å². The number of nitrogens with zero attached hydrogens (tertiary/aromatic N) is 2. The lowest BCUT2D eigenvalue weighted by Crippen LogP contribution is -2.28. The maximum absolute atomic E-state index is 5.85. The molecule has 0 saturated heterocycles. The third kappa shape index (κ3) is 3.58. The second-order valence-electron chi connectivity index (χ2n) is 5.93. The Morgan fingerprint density at radius 2 is 2.11 bits per heavy atom. The van der Waals surface area contributed by atoms with Crippen molar-refractivity contribution in [3.63, 3.8) is 0 Å². The van der Waals surface area contributed by atoms with Gasteiger partial charge in [0, 0.05) is 12.6 Å². The van der Waals surface area contributed by atoms with Crippen LogP contribution in [-0.4, -0.2) is 16.7 Å². The second kappa shape index (κ2) is 5.87. The van der Waals surface area contributed by atoms with E-state index in [2.05, 4.69) is 29.4 Å². The molecule has 1 heterocycles. The molecule has 3 nitrogen and oxygen atoms in total. The van der Waals surface area contributed by atoms with E-state index >= 15 is 0 Å². The summed E-state index contributed by atoms with van der Waals surface area (Å²) >= 11 is 5.85. The smallest absolute Gasteiger partial charge is 0.153 e. The zero-order valence-corrected chi connectivity index (χ0v) is 12.0. The minimum atomic E-state index is 0.448. The molecule has 18 heavy (non-hydrogen) atoms. The Morgan fingerprint density at radius 1 is 1.39 bits per heavy atom.